The third-order valence-corrected chi connectivity index (χ3v) is 4.57. The fraction of sp³-hybridized carbons (Fsp3) is 0.947. The van der Waals surface area contributed by atoms with Crippen LogP contribution in [-0.4, -0.2) is 24.5 Å². The first-order chi connectivity index (χ1) is 10.7. The average molecular weight is 327 g/mol. The third kappa shape index (κ3) is 14.7. The Labute approximate surface area is 145 Å². The quantitative estimate of drug-likeness (QED) is 0.285. The van der Waals surface area contributed by atoms with Crippen LogP contribution in [0.3, 0.4) is 0 Å². The van der Waals surface area contributed by atoms with Gasteiger partial charge in [0, 0.05) is 6.54 Å². The van der Waals surface area contributed by atoms with Gasteiger partial charge in [-0.3, -0.25) is 0 Å². The highest BCUT2D eigenvalue weighted by Crippen LogP contribution is 2.16. The lowest BCUT2D eigenvalue weighted by Crippen LogP contribution is -2.34. The van der Waals surface area contributed by atoms with Gasteiger partial charge < -0.3 is 4.90 Å². The van der Waals surface area contributed by atoms with Crippen LogP contribution in [0.15, 0.2) is 0 Å². The van der Waals surface area contributed by atoms with Crippen LogP contribution in [0.25, 0.3) is 0 Å². The molecule has 0 aliphatic carbocycles. The SMILES string of the molecule is CCCCCCCCCCCCN1CCCC(C)C1.N#CS. The van der Waals surface area contributed by atoms with E-state index >= 15 is 0 Å². The maximum atomic E-state index is 7.18. The molecule has 0 saturated carbocycles. The van der Waals surface area contributed by atoms with E-state index in [-0.39, 0.29) is 0 Å². The van der Waals surface area contributed by atoms with E-state index in [1.807, 2.05) is 0 Å². The lowest BCUT2D eigenvalue weighted by Gasteiger charge is -2.30. The Morgan fingerprint density at radius 3 is 2.00 bits per heavy atom. The van der Waals surface area contributed by atoms with Gasteiger partial charge in [0.05, 0.1) is 0 Å². The van der Waals surface area contributed by atoms with Gasteiger partial charge in [-0.15, -0.1) is 0 Å². The summed E-state index contributed by atoms with van der Waals surface area (Å²) in [5.74, 6) is 0.942. The summed E-state index contributed by atoms with van der Waals surface area (Å²) in [7, 11) is 0. The lowest BCUT2D eigenvalue weighted by molar-refractivity contribution is 0.180. The largest absolute Gasteiger partial charge is 0.303 e. The number of nitriles is 1. The van der Waals surface area contributed by atoms with Crippen LogP contribution in [0.2, 0.25) is 0 Å². The van der Waals surface area contributed by atoms with Gasteiger partial charge in [0.2, 0.25) is 0 Å². The van der Waals surface area contributed by atoms with Gasteiger partial charge in [-0.1, -0.05) is 84.3 Å². The van der Waals surface area contributed by atoms with E-state index < -0.39 is 0 Å². The van der Waals surface area contributed by atoms with Crippen LogP contribution in [-0.2, 0) is 0 Å². The molecule has 3 heteroatoms. The number of likely N-dealkylation sites (tertiary alicyclic amines) is 1. The molecule has 0 aromatic heterocycles. The van der Waals surface area contributed by atoms with Gasteiger partial charge in [-0.2, -0.15) is 5.26 Å². The van der Waals surface area contributed by atoms with Crippen molar-refractivity contribution in [3.8, 4) is 5.40 Å². The van der Waals surface area contributed by atoms with E-state index in [9.17, 15) is 0 Å². The van der Waals surface area contributed by atoms with Crippen molar-refractivity contribution in [2.24, 2.45) is 5.92 Å². The molecule has 1 rings (SSSR count). The summed E-state index contributed by atoms with van der Waals surface area (Å²) >= 11 is 3.09. The Bertz CT molecular complexity index is 263. The third-order valence-electron chi connectivity index (χ3n) is 4.57. The summed E-state index contributed by atoms with van der Waals surface area (Å²) in [4.78, 5) is 2.69. The van der Waals surface area contributed by atoms with Gasteiger partial charge in [-0.05, 0) is 38.3 Å². The zero-order valence-electron chi connectivity index (χ0n) is 15.0. The molecule has 0 aromatic carbocycles. The van der Waals surface area contributed by atoms with Gasteiger partial charge in [0.15, 0.2) is 0 Å². The Balaban J connectivity index is 0.00000135. The van der Waals surface area contributed by atoms with Crippen molar-refractivity contribution in [1.29, 1.82) is 5.26 Å². The van der Waals surface area contributed by atoms with Crippen LogP contribution >= 0.6 is 12.6 Å². The number of thiol groups is 1. The molecule has 2 nitrogen and oxygen atoms in total. The maximum Gasteiger partial charge on any atom is 0.130 e. The molecule has 0 N–H and O–H groups in total. The van der Waals surface area contributed by atoms with Gasteiger partial charge in [0.25, 0.3) is 0 Å². The van der Waals surface area contributed by atoms with Crippen molar-refractivity contribution >= 4 is 12.6 Å². The van der Waals surface area contributed by atoms with E-state index in [0.717, 1.165) is 5.92 Å². The van der Waals surface area contributed by atoms with Crippen molar-refractivity contribution in [2.45, 2.75) is 90.9 Å². The summed E-state index contributed by atoms with van der Waals surface area (Å²) < 4.78 is 0. The summed E-state index contributed by atoms with van der Waals surface area (Å²) in [6, 6.07) is 0. The van der Waals surface area contributed by atoms with Crippen LogP contribution in [0.5, 0.6) is 0 Å². The minimum Gasteiger partial charge on any atom is -0.303 e. The lowest BCUT2D eigenvalue weighted by atomic mass is 10.00. The van der Waals surface area contributed by atoms with Gasteiger partial charge in [0.1, 0.15) is 5.40 Å². The molecular weight excluding hydrogens is 288 g/mol. The normalized spacial score (nSPS) is 18.4. The topological polar surface area (TPSA) is 27.0 Å². The first kappa shape index (κ1) is 21.8. The molecule has 0 spiro atoms. The molecule has 1 atom stereocenters. The first-order valence-electron chi connectivity index (χ1n) is 9.50. The molecule has 130 valence electrons. The Hall–Kier alpha value is -0.200. The van der Waals surface area contributed by atoms with Gasteiger partial charge in [-0.25, -0.2) is 0 Å². The van der Waals surface area contributed by atoms with Crippen molar-refractivity contribution in [3.05, 3.63) is 0 Å². The molecule has 1 saturated heterocycles. The number of nitrogens with zero attached hydrogens (tertiary/aromatic N) is 2. The number of rotatable bonds is 11. The molecule has 0 aromatic rings. The van der Waals surface area contributed by atoms with Crippen LogP contribution in [0.4, 0.5) is 0 Å². The van der Waals surface area contributed by atoms with Crippen molar-refractivity contribution < 1.29 is 0 Å². The highest BCUT2D eigenvalue weighted by atomic mass is 32.1. The monoisotopic (exact) mass is 326 g/mol. The molecule has 1 aliphatic heterocycles. The molecule has 0 amide bonds. The second-order valence-electron chi connectivity index (χ2n) is 6.83. The Kier molecular flexibility index (Phi) is 17.0. The minimum atomic E-state index is 0.942. The number of unbranched alkanes of at least 4 members (excludes halogenated alkanes) is 9. The summed E-state index contributed by atoms with van der Waals surface area (Å²) in [6.45, 7) is 8.79. The van der Waals surface area contributed by atoms with E-state index in [1.165, 1.54) is 102 Å². The predicted octanol–water partition coefficient (Wildman–Crippen LogP) is 6.04. The smallest absolute Gasteiger partial charge is 0.130 e. The molecule has 22 heavy (non-hydrogen) atoms. The fourth-order valence-electron chi connectivity index (χ4n) is 3.31. The highest BCUT2D eigenvalue weighted by molar-refractivity contribution is 7.85. The highest BCUT2D eigenvalue weighted by Gasteiger charge is 2.14. The van der Waals surface area contributed by atoms with Crippen molar-refractivity contribution in [1.82, 2.24) is 4.90 Å². The number of hydrogen-bond acceptors (Lipinski definition) is 3. The standard InChI is InChI=1S/C18H37N.CHNS/c1-3-4-5-6-7-8-9-10-11-12-15-19-16-13-14-18(2)17-19;2-1-3/h18H,3-17H2,1-2H3;3H. The predicted molar refractivity (Wildman–Crippen MR) is 101 cm³/mol. The molecule has 1 heterocycles. The molecule has 0 bridgehead atoms. The van der Waals surface area contributed by atoms with E-state index in [2.05, 4.69) is 31.4 Å². The zero-order chi connectivity index (χ0) is 16.5. The average Bonchev–Trinajstić information content (AvgIpc) is 2.50. The second kappa shape index (κ2) is 17.2. The van der Waals surface area contributed by atoms with Gasteiger partial charge >= 0.3 is 0 Å². The Morgan fingerprint density at radius 2 is 1.50 bits per heavy atom. The van der Waals surface area contributed by atoms with E-state index in [4.69, 9.17) is 5.26 Å². The first-order valence-corrected chi connectivity index (χ1v) is 9.94. The Morgan fingerprint density at radius 1 is 1.00 bits per heavy atom. The summed E-state index contributed by atoms with van der Waals surface area (Å²) in [5.41, 5.74) is 0. The van der Waals surface area contributed by atoms with Crippen molar-refractivity contribution in [3.63, 3.8) is 0 Å². The molecule has 1 unspecified atom stereocenters. The summed E-state index contributed by atoms with van der Waals surface area (Å²) in [6.07, 6.45) is 17.4. The fourth-order valence-corrected chi connectivity index (χ4v) is 3.31. The molecule has 1 fully saturated rings. The summed E-state index contributed by atoms with van der Waals surface area (Å²) in [5, 5.41) is 8.63. The molecule has 1 aliphatic rings. The van der Waals surface area contributed by atoms with Crippen LogP contribution < -0.4 is 0 Å². The van der Waals surface area contributed by atoms with E-state index in [1.54, 1.807) is 0 Å². The molecule has 0 radical (unpaired) electrons. The zero-order valence-corrected chi connectivity index (χ0v) is 15.9. The molecular formula is C19H38N2S. The van der Waals surface area contributed by atoms with E-state index in [0.29, 0.717) is 0 Å². The number of hydrogen-bond donors (Lipinski definition) is 1. The minimum absolute atomic E-state index is 0.942. The van der Waals surface area contributed by atoms with Crippen molar-refractivity contribution in [2.75, 3.05) is 19.6 Å². The number of piperidine rings is 1. The number of thiocyanates is 1. The second-order valence-corrected chi connectivity index (χ2v) is 7.03. The maximum absolute atomic E-state index is 7.18. The van der Waals surface area contributed by atoms with Crippen LogP contribution in [0.1, 0.15) is 90.9 Å². The van der Waals surface area contributed by atoms with Crippen LogP contribution in [0, 0.1) is 16.6 Å².